The Morgan fingerprint density at radius 2 is 2.00 bits per heavy atom. The van der Waals surface area contributed by atoms with Gasteiger partial charge in [-0.2, -0.15) is 0 Å². The molecular weight excluding hydrogens is 359 g/mol. The van der Waals surface area contributed by atoms with E-state index in [0.717, 1.165) is 12.1 Å². The summed E-state index contributed by atoms with van der Waals surface area (Å²) in [5.41, 5.74) is -0.383. The summed E-state index contributed by atoms with van der Waals surface area (Å²) in [4.78, 5) is 12.6. The van der Waals surface area contributed by atoms with Gasteiger partial charge in [0, 0.05) is 11.6 Å². The van der Waals surface area contributed by atoms with Crippen molar-refractivity contribution < 1.29 is 24.1 Å². The van der Waals surface area contributed by atoms with Crippen LogP contribution in [0.4, 0.5) is 4.39 Å². The molecule has 1 aliphatic rings. The first-order valence-electron chi connectivity index (χ1n) is 7.83. The molecule has 0 bridgehead atoms. The molecule has 0 aliphatic carbocycles. The average molecular weight is 375 g/mol. The van der Waals surface area contributed by atoms with Crippen LogP contribution >= 0.6 is 11.6 Å². The fourth-order valence-corrected chi connectivity index (χ4v) is 2.81. The van der Waals surface area contributed by atoms with Gasteiger partial charge in [-0.05, 0) is 44.2 Å². The number of allylic oxidation sites excluding steroid dienone is 1. The Balaban J connectivity index is 2.04. The standard InChI is InChI=1S/C20H16ClFO4/c1-20(2)9-8-12-15(24)10-16(25)17(19(12)26-20)14(23)7-6-11-4-3-5-13(21)18(11)22/h3-10,24-25H,1-2H3/b7-6+. The summed E-state index contributed by atoms with van der Waals surface area (Å²) in [5, 5.41) is 20.1. The van der Waals surface area contributed by atoms with Crippen LogP contribution in [-0.4, -0.2) is 21.6 Å². The van der Waals surface area contributed by atoms with Gasteiger partial charge in [-0.3, -0.25) is 4.79 Å². The van der Waals surface area contributed by atoms with E-state index in [1.54, 1.807) is 32.1 Å². The molecule has 0 amide bonds. The van der Waals surface area contributed by atoms with Crippen LogP contribution in [0.2, 0.25) is 5.02 Å². The van der Waals surface area contributed by atoms with Crippen LogP contribution in [0.15, 0.2) is 36.4 Å². The number of hydrogen-bond donors (Lipinski definition) is 2. The van der Waals surface area contributed by atoms with Gasteiger partial charge in [0.25, 0.3) is 0 Å². The number of carbonyl (C=O) groups excluding carboxylic acids is 1. The predicted molar refractivity (Wildman–Crippen MR) is 98.3 cm³/mol. The normalized spacial score (nSPS) is 14.9. The number of halogens is 2. The van der Waals surface area contributed by atoms with E-state index in [0.29, 0.717) is 5.56 Å². The van der Waals surface area contributed by atoms with Gasteiger partial charge in [0.05, 0.1) is 10.6 Å². The molecule has 2 aromatic carbocycles. The molecule has 2 aromatic rings. The van der Waals surface area contributed by atoms with Crippen molar-refractivity contribution in [3.63, 3.8) is 0 Å². The monoisotopic (exact) mass is 374 g/mol. The number of hydrogen-bond acceptors (Lipinski definition) is 4. The van der Waals surface area contributed by atoms with Gasteiger partial charge in [-0.15, -0.1) is 0 Å². The largest absolute Gasteiger partial charge is 0.507 e. The first-order valence-corrected chi connectivity index (χ1v) is 8.21. The molecular formula is C20H16ClFO4. The second-order valence-electron chi connectivity index (χ2n) is 6.41. The fraction of sp³-hybridized carbons (Fsp3) is 0.150. The van der Waals surface area contributed by atoms with Crippen LogP contribution in [0.3, 0.4) is 0 Å². The summed E-state index contributed by atoms with van der Waals surface area (Å²) >= 11 is 5.73. The molecule has 26 heavy (non-hydrogen) atoms. The van der Waals surface area contributed by atoms with Gasteiger partial charge >= 0.3 is 0 Å². The third-order valence-corrected chi connectivity index (χ3v) is 4.23. The Bertz CT molecular complexity index is 961. The smallest absolute Gasteiger partial charge is 0.193 e. The summed E-state index contributed by atoms with van der Waals surface area (Å²) in [6.07, 6.45) is 5.75. The zero-order chi connectivity index (χ0) is 19.1. The molecule has 0 fully saturated rings. The number of phenolic OH excluding ortho intramolecular Hbond substituents is 2. The summed E-state index contributed by atoms with van der Waals surface area (Å²) in [6, 6.07) is 5.51. The van der Waals surface area contributed by atoms with Crippen LogP contribution in [-0.2, 0) is 0 Å². The number of fused-ring (bicyclic) bond motifs is 1. The molecule has 0 saturated carbocycles. The molecule has 134 valence electrons. The lowest BCUT2D eigenvalue weighted by atomic mass is 9.96. The Kier molecular flexibility index (Phi) is 4.50. The number of ether oxygens (including phenoxy) is 1. The van der Waals surface area contributed by atoms with E-state index in [2.05, 4.69) is 0 Å². The van der Waals surface area contributed by atoms with Gasteiger partial charge in [-0.1, -0.05) is 23.7 Å². The Morgan fingerprint density at radius 1 is 1.27 bits per heavy atom. The second-order valence-corrected chi connectivity index (χ2v) is 6.82. The number of rotatable bonds is 3. The van der Waals surface area contributed by atoms with Crippen molar-refractivity contribution in [2.45, 2.75) is 19.4 Å². The molecule has 4 nitrogen and oxygen atoms in total. The highest BCUT2D eigenvalue weighted by atomic mass is 35.5. The predicted octanol–water partition coefficient (Wildman–Crippen LogP) is 4.97. The number of aromatic hydroxyl groups is 2. The summed E-state index contributed by atoms with van der Waals surface area (Å²) in [5.74, 6) is -1.78. The van der Waals surface area contributed by atoms with E-state index in [9.17, 15) is 19.4 Å². The van der Waals surface area contributed by atoms with E-state index in [4.69, 9.17) is 16.3 Å². The van der Waals surface area contributed by atoms with Crippen molar-refractivity contribution in [3.05, 3.63) is 63.9 Å². The Morgan fingerprint density at radius 3 is 2.73 bits per heavy atom. The number of benzene rings is 2. The molecule has 1 heterocycles. The average Bonchev–Trinajstić information content (AvgIpc) is 2.55. The van der Waals surface area contributed by atoms with E-state index < -0.39 is 23.0 Å². The minimum absolute atomic E-state index is 0.0559. The Labute approximate surface area is 154 Å². The van der Waals surface area contributed by atoms with E-state index in [-0.39, 0.29) is 27.6 Å². The highest BCUT2D eigenvalue weighted by molar-refractivity contribution is 6.30. The van der Waals surface area contributed by atoms with Crippen molar-refractivity contribution in [2.24, 2.45) is 0 Å². The second kappa shape index (κ2) is 6.50. The van der Waals surface area contributed by atoms with Crippen LogP contribution in [0, 0.1) is 5.82 Å². The van der Waals surface area contributed by atoms with Gasteiger partial charge in [-0.25, -0.2) is 4.39 Å². The highest BCUT2D eigenvalue weighted by Crippen LogP contribution is 2.43. The molecule has 0 unspecified atom stereocenters. The molecule has 0 aromatic heterocycles. The van der Waals surface area contributed by atoms with Crippen LogP contribution in [0.1, 0.15) is 35.3 Å². The molecule has 0 radical (unpaired) electrons. The molecule has 0 spiro atoms. The number of carbonyl (C=O) groups is 1. The maximum absolute atomic E-state index is 14.0. The Hall–Kier alpha value is -2.79. The van der Waals surface area contributed by atoms with E-state index in [1.165, 1.54) is 18.2 Å². The minimum Gasteiger partial charge on any atom is -0.507 e. The first-order chi connectivity index (χ1) is 12.2. The lowest BCUT2D eigenvalue weighted by Crippen LogP contribution is -2.28. The SMILES string of the molecule is CC1(C)C=Cc2c(O)cc(O)c(C(=O)/C=C/c3cccc(Cl)c3F)c2O1. The molecule has 0 saturated heterocycles. The summed E-state index contributed by atoms with van der Waals surface area (Å²) in [7, 11) is 0. The lowest BCUT2D eigenvalue weighted by Gasteiger charge is -2.29. The molecule has 2 N–H and O–H groups in total. The quantitative estimate of drug-likeness (QED) is 0.588. The maximum Gasteiger partial charge on any atom is 0.193 e. The summed E-state index contributed by atoms with van der Waals surface area (Å²) in [6.45, 7) is 3.55. The van der Waals surface area contributed by atoms with Gasteiger partial charge in [0.1, 0.15) is 34.2 Å². The van der Waals surface area contributed by atoms with Crippen molar-refractivity contribution in [1.82, 2.24) is 0 Å². The van der Waals surface area contributed by atoms with Gasteiger partial charge in [0.2, 0.25) is 0 Å². The van der Waals surface area contributed by atoms with Crippen molar-refractivity contribution in [2.75, 3.05) is 0 Å². The van der Waals surface area contributed by atoms with Gasteiger partial charge < -0.3 is 14.9 Å². The molecule has 6 heteroatoms. The van der Waals surface area contributed by atoms with Crippen LogP contribution in [0.5, 0.6) is 17.2 Å². The first kappa shape index (κ1) is 18.0. The van der Waals surface area contributed by atoms with Crippen LogP contribution < -0.4 is 4.74 Å². The molecule has 1 aliphatic heterocycles. The number of ketones is 1. The van der Waals surface area contributed by atoms with Crippen molar-refractivity contribution >= 4 is 29.5 Å². The lowest BCUT2D eigenvalue weighted by molar-refractivity contribution is 0.103. The molecule has 3 rings (SSSR count). The van der Waals surface area contributed by atoms with E-state index in [1.807, 2.05) is 0 Å². The van der Waals surface area contributed by atoms with Crippen LogP contribution in [0.25, 0.3) is 12.2 Å². The van der Waals surface area contributed by atoms with E-state index >= 15 is 0 Å². The van der Waals surface area contributed by atoms with Crippen molar-refractivity contribution in [3.8, 4) is 17.2 Å². The zero-order valence-corrected chi connectivity index (χ0v) is 14.8. The highest BCUT2D eigenvalue weighted by Gasteiger charge is 2.30. The maximum atomic E-state index is 14.0. The topological polar surface area (TPSA) is 66.8 Å². The third-order valence-electron chi connectivity index (χ3n) is 3.94. The summed E-state index contributed by atoms with van der Waals surface area (Å²) < 4.78 is 19.7. The molecule has 0 atom stereocenters. The minimum atomic E-state index is -0.717. The number of phenols is 2. The van der Waals surface area contributed by atoms with Crippen molar-refractivity contribution in [1.29, 1.82) is 0 Å². The van der Waals surface area contributed by atoms with Gasteiger partial charge in [0.15, 0.2) is 5.78 Å². The zero-order valence-electron chi connectivity index (χ0n) is 14.1. The third kappa shape index (κ3) is 3.30. The fourth-order valence-electron chi connectivity index (χ4n) is 2.63.